The molecular weight excluding hydrogens is 362 g/mol. The molecule has 3 aromatic rings. The Morgan fingerprint density at radius 1 is 1.04 bits per heavy atom. The van der Waals surface area contributed by atoms with Crippen molar-refractivity contribution in [1.29, 1.82) is 0 Å². The number of carbonyl (C=O) groups excluding carboxylic acids is 1. The zero-order valence-electron chi connectivity index (χ0n) is 15.5. The third-order valence-electron chi connectivity index (χ3n) is 4.38. The van der Waals surface area contributed by atoms with Gasteiger partial charge in [0.05, 0.1) is 13.0 Å². The van der Waals surface area contributed by atoms with Gasteiger partial charge >= 0.3 is 5.97 Å². The number of rotatable bonds is 7. The van der Waals surface area contributed by atoms with Gasteiger partial charge in [-0.1, -0.05) is 36.4 Å². The summed E-state index contributed by atoms with van der Waals surface area (Å²) in [6.07, 6.45) is 0. The zero-order valence-corrected chi connectivity index (χ0v) is 15.5. The number of carbonyl (C=O) groups is 1. The molecule has 0 fully saturated rings. The molecule has 0 aromatic heterocycles. The fourth-order valence-electron chi connectivity index (χ4n) is 2.83. The van der Waals surface area contributed by atoms with Crippen LogP contribution >= 0.6 is 0 Å². The quantitative estimate of drug-likeness (QED) is 0.345. The SMILES string of the molecule is COc1ccc2cc(C(C)C(=O)OCc3cccc(O[N+](=O)[O-])c3)ccc2c1. The molecule has 7 nitrogen and oxygen atoms in total. The lowest BCUT2D eigenvalue weighted by molar-refractivity contribution is -0.711. The highest BCUT2D eigenvalue weighted by atomic mass is 17.0. The number of hydrogen-bond acceptors (Lipinski definition) is 6. The zero-order chi connectivity index (χ0) is 20.1. The Morgan fingerprint density at radius 2 is 1.79 bits per heavy atom. The third-order valence-corrected chi connectivity index (χ3v) is 4.38. The Bertz CT molecular complexity index is 1020. The number of benzene rings is 3. The Labute approximate surface area is 161 Å². The molecule has 0 aliphatic carbocycles. The van der Waals surface area contributed by atoms with Crippen LogP contribution in [-0.4, -0.2) is 18.2 Å². The van der Waals surface area contributed by atoms with Crippen LogP contribution < -0.4 is 9.57 Å². The van der Waals surface area contributed by atoms with Crippen LogP contribution in [-0.2, 0) is 16.1 Å². The van der Waals surface area contributed by atoms with Gasteiger partial charge in [0, 0.05) is 0 Å². The smallest absolute Gasteiger partial charge is 0.313 e. The lowest BCUT2D eigenvalue weighted by Gasteiger charge is -2.13. The summed E-state index contributed by atoms with van der Waals surface area (Å²) in [4.78, 5) is 27.3. The minimum Gasteiger partial charge on any atom is -0.497 e. The van der Waals surface area contributed by atoms with Gasteiger partial charge in [-0.3, -0.25) is 9.63 Å². The van der Waals surface area contributed by atoms with Crippen molar-refractivity contribution in [2.75, 3.05) is 7.11 Å². The van der Waals surface area contributed by atoms with Crippen molar-refractivity contribution >= 4 is 16.7 Å². The molecule has 0 radical (unpaired) electrons. The molecule has 1 atom stereocenters. The van der Waals surface area contributed by atoms with Gasteiger partial charge in [-0.25, -0.2) is 0 Å². The van der Waals surface area contributed by atoms with Crippen molar-refractivity contribution < 1.29 is 24.2 Å². The highest BCUT2D eigenvalue weighted by molar-refractivity contribution is 5.86. The normalized spacial score (nSPS) is 11.6. The van der Waals surface area contributed by atoms with Crippen molar-refractivity contribution in [3.63, 3.8) is 0 Å². The number of nitrogens with zero attached hydrogens (tertiary/aromatic N) is 1. The Kier molecular flexibility index (Phi) is 5.74. The maximum Gasteiger partial charge on any atom is 0.313 e. The van der Waals surface area contributed by atoms with Gasteiger partial charge in [0.1, 0.15) is 18.1 Å². The van der Waals surface area contributed by atoms with Crippen LogP contribution in [0, 0.1) is 10.1 Å². The van der Waals surface area contributed by atoms with Gasteiger partial charge in [-0.15, -0.1) is 10.1 Å². The summed E-state index contributed by atoms with van der Waals surface area (Å²) in [7, 11) is 1.62. The van der Waals surface area contributed by atoms with Gasteiger partial charge in [-0.05, 0) is 53.1 Å². The van der Waals surface area contributed by atoms with Crippen molar-refractivity contribution in [3.8, 4) is 11.5 Å². The van der Waals surface area contributed by atoms with Gasteiger partial charge in [0.15, 0.2) is 0 Å². The van der Waals surface area contributed by atoms with Crippen LogP contribution in [0.2, 0.25) is 0 Å². The highest BCUT2D eigenvalue weighted by Crippen LogP contribution is 2.26. The molecule has 0 aliphatic heterocycles. The Hall–Kier alpha value is -3.61. The van der Waals surface area contributed by atoms with Gasteiger partial charge in [0.2, 0.25) is 0 Å². The van der Waals surface area contributed by atoms with Gasteiger partial charge in [0.25, 0.3) is 5.09 Å². The van der Waals surface area contributed by atoms with E-state index in [0.29, 0.717) is 5.56 Å². The standard InChI is InChI=1S/C21H19NO6/c1-14(16-6-7-18-12-19(26-2)9-8-17(18)11-16)21(23)27-13-15-4-3-5-20(10-15)28-22(24)25/h3-12,14H,13H2,1-2H3. The van der Waals surface area contributed by atoms with E-state index in [9.17, 15) is 14.9 Å². The molecular formula is C21H19NO6. The Balaban J connectivity index is 1.67. The molecule has 0 N–H and O–H groups in total. The first kappa shape index (κ1) is 19.2. The van der Waals surface area contributed by atoms with Gasteiger partial charge in [-0.2, -0.15) is 0 Å². The maximum atomic E-state index is 12.4. The van der Waals surface area contributed by atoms with E-state index in [1.54, 1.807) is 26.2 Å². The summed E-state index contributed by atoms with van der Waals surface area (Å²) in [5.74, 6) is 0.0192. The lowest BCUT2D eigenvalue weighted by Crippen LogP contribution is -2.13. The molecule has 0 saturated heterocycles. The van der Waals surface area contributed by atoms with Gasteiger partial charge < -0.3 is 9.47 Å². The number of methoxy groups -OCH3 is 1. The molecule has 0 saturated carbocycles. The Morgan fingerprint density at radius 3 is 2.54 bits per heavy atom. The summed E-state index contributed by atoms with van der Waals surface area (Å²) in [5, 5.41) is 11.5. The van der Waals surface area contributed by atoms with Crippen LogP contribution in [0.25, 0.3) is 10.8 Å². The largest absolute Gasteiger partial charge is 0.497 e. The first-order valence-corrected chi connectivity index (χ1v) is 8.62. The molecule has 7 heteroatoms. The molecule has 28 heavy (non-hydrogen) atoms. The summed E-state index contributed by atoms with van der Waals surface area (Å²) in [5.41, 5.74) is 1.44. The molecule has 0 bridgehead atoms. The molecule has 0 amide bonds. The fourth-order valence-corrected chi connectivity index (χ4v) is 2.83. The minimum atomic E-state index is -0.886. The molecule has 144 valence electrons. The van der Waals surface area contributed by atoms with Crippen LogP contribution in [0.3, 0.4) is 0 Å². The minimum absolute atomic E-state index is 0.00284. The van der Waals surface area contributed by atoms with E-state index < -0.39 is 11.0 Å². The monoisotopic (exact) mass is 381 g/mol. The second kappa shape index (κ2) is 8.39. The third kappa shape index (κ3) is 4.56. The number of esters is 1. The second-order valence-electron chi connectivity index (χ2n) is 6.26. The molecule has 0 heterocycles. The van der Waals surface area contributed by atoms with Crippen LogP contribution in [0.4, 0.5) is 0 Å². The van der Waals surface area contributed by atoms with E-state index >= 15 is 0 Å². The van der Waals surface area contributed by atoms with Crippen molar-refractivity contribution in [2.45, 2.75) is 19.4 Å². The summed E-state index contributed by atoms with van der Waals surface area (Å²) in [6.45, 7) is 1.78. The summed E-state index contributed by atoms with van der Waals surface area (Å²) < 4.78 is 10.6. The molecule has 3 rings (SSSR count). The first-order chi connectivity index (χ1) is 13.5. The van der Waals surface area contributed by atoms with E-state index in [1.165, 1.54) is 12.1 Å². The predicted molar refractivity (Wildman–Crippen MR) is 103 cm³/mol. The van der Waals surface area contributed by atoms with E-state index in [4.69, 9.17) is 9.47 Å². The average molecular weight is 381 g/mol. The van der Waals surface area contributed by atoms with E-state index in [2.05, 4.69) is 4.84 Å². The second-order valence-corrected chi connectivity index (χ2v) is 6.26. The van der Waals surface area contributed by atoms with E-state index in [-0.39, 0.29) is 18.3 Å². The predicted octanol–water partition coefficient (Wildman–Crippen LogP) is 4.27. The van der Waals surface area contributed by atoms with E-state index in [1.807, 2.05) is 36.4 Å². The fraction of sp³-hybridized carbons (Fsp3) is 0.190. The van der Waals surface area contributed by atoms with Crippen LogP contribution in [0.1, 0.15) is 24.0 Å². The van der Waals surface area contributed by atoms with Crippen molar-refractivity contribution in [2.24, 2.45) is 0 Å². The number of hydrogen-bond donors (Lipinski definition) is 0. The molecule has 0 spiro atoms. The first-order valence-electron chi connectivity index (χ1n) is 8.62. The summed E-state index contributed by atoms with van der Waals surface area (Å²) in [6, 6.07) is 17.7. The van der Waals surface area contributed by atoms with E-state index in [0.717, 1.165) is 22.1 Å². The van der Waals surface area contributed by atoms with Crippen LogP contribution in [0.15, 0.2) is 60.7 Å². The summed E-state index contributed by atoms with van der Waals surface area (Å²) >= 11 is 0. The molecule has 3 aromatic carbocycles. The van der Waals surface area contributed by atoms with Crippen LogP contribution in [0.5, 0.6) is 11.5 Å². The van der Waals surface area contributed by atoms with Crippen molar-refractivity contribution in [3.05, 3.63) is 81.9 Å². The molecule has 0 aliphatic rings. The average Bonchev–Trinajstić information content (AvgIpc) is 2.70. The number of fused-ring (bicyclic) bond motifs is 1. The highest BCUT2D eigenvalue weighted by Gasteiger charge is 2.17. The lowest BCUT2D eigenvalue weighted by atomic mass is 9.98. The topological polar surface area (TPSA) is 87.9 Å². The molecule has 1 unspecified atom stereocenters. The van der Waals surface area contributed by atoms with Crippen molar-refractivity contribution in [1.82, 2.24) is 0 Å². The number of ether oxygens (including phenoxy) is 2. The maximum absolute atomic E-state index is 12.4.